The molecule has 1 saturated heterocycles. The molecule has 1 atom stereocenters. The number of thioether (sulfide) groups is 1. The van der Waals surface area contributed by atoms with Gasteiger partial charge in [-0.1, -0.05) is 25.7 Å². The van der Waals surface area contributed by atoms with E-state index in [0.717, 1.165) is 6.42 Å². The first-order chi connectivity index (χ1) is 7.36. The second kappa shape index (κ2) is 5.78. The van der Waals surface area contributed by atoms with Crippen molar-refractivity contribution in [1.29, 1.82) is 0 Å². The number of rotatable bonds is 2. The van der Waals surface area contributed by atoms with E-state index in [1.165, 1.54) is 50.7 Å². The van der Waals surface area contributed by atoms with Crippen LogP contribution >= 0.6 is 11.8 Å². The van der Waals surface area contributed by atoms with Crippen LogP contribution in [0.4, 0.5) is 0 Å². The fourth-order valence-electron chi connectivity index (χ4n) is 2.50. The van der Waals surface area contributed by atoms with Crippen LogP contribution in [0, 0.1) is 0 Å². The van der Waals surface area contributed by atoms with Gasteiger partial charge in [0.1, 0.15) is 0 Å². The number of carbonyl (C=O) groups excluding carboxylic acids is 1. The minimum atomic E-state index is 0.258. The van der Waals surface area contributed by atoms with Gasteiger partial charge < -0.3 is 5.32 Å². The Bertz CT molecular complexity index is 206. The van der Waals surface area contributed by atoms with E-state index in [0.29, 0.717) is 11.9 Å². The first-order valence-electron chi connectivity index (χ1n) is 6.28. The molecule has 2 aliphatic rings. The van der Waals surface area contributed by atoms with E-state index in [1.807, 2.05) is 11.8 Å². The lowest BCUT2D eigenvalue weighted by molar-refractivity contribution is -0.121. The lowest BCUT2D eigenvalue weighted by Gasteiger charge is -2.18. The molecule has 2 fully saturated rings. The summed E-state index contributed by atoms with van der Waals surface area (Å²) in [5.74, 6) is 1.48. The van der Waals surface area contributed by atoms with Crippen molar-refractivity contribution in [3.05, 3.63) is 0 Å². The third-order valence-corrected chi connectivity index (χ3v) is 4.80. The van der Waals surface area contributed by atoms with Crippen LogP contribution < -0.4 is 5.32 Å². The molecule has 86 valence electrons. The maximum atomic E-state index is 11.9. The molecule has 1 heterocycles. The van der Waals surface area contributed by atoms with Gasteiger partial charge in [0.25, 0.3) is 0 Å². The summed E-state index contributed by atoms with van der Waals surface area (Å²) in [6.45, 7) is 0. The zero-order chi connectivity index (χ0) is 10.5. The van der Waals surface area contributed by atoms with Crippen LogP contribution in [0.3, 0.4) is 0 Å². The molecular weight excluding hydrogens is 206 g/mol. The van der Waals surface area contributed by atoms with E-state index in [4.69, 9.17) is 0 Å². The minimum Gasteiger partial charge on any atom is -0.352 e. The van der Waals surface area contributed by atoms with Crippen molar-refractivity contribution in [1.82, 2.24) is 5.32 Å². The lowest BCUT2D eigenvalue weighted by atomic mass is 10.1. The predicted octanol–water partition coefficient (Wildman–Crippen LogP) is 2.72. The van der Waals surface area contributed by atoms with Crippen molar-refractivity contribution < 1.29 is 4.79 Å². The van der Waals surface area contributed by atoms with Crippen molar-refractivity contribution in [3.63, 3.8) is 0 Å². The van der Waals surface area contributed by atoms with Gasteiger partial charge in [-0.2, -0.15) is 0 Å². The number of nitrogens with one attached hydrogen (secondary N) is 1. The molecule has 0 aromatic heterocycles. The van der Waals surface area contributed by atoms with E-state index in [9.17, 15) is 4.79 Å². The molecule has 2 nitrogen and oxygen atoms in total. The number of hydrogen-bond acceptors (Lipinski definition) is 2. The molecule has 15 heavy (non-hydrogen) atoms. The van der Waals surface area contributed by atoms with Crippen molar-refractivity contribution in [2.75, 3.05) is 5.75 Å². The van der Waals surface area contributed by atoms with Crippen LogP contribution in [0.15, 0.2) is 0 Å². The fraction of sp³-hybridized carbons (Fsp3) is 0.917. The summed E-state index contributed by atoms with van der Waals surface area (Å²) in [6.07, 6.45) is 9.99. The highest BCUT2D eigenvalue weighted by atomic mass is 32.2. The molecule has 1 amide bonds. The molecule has 0 aromatic rings. The summed E-state index contributed by atoms with van der Waals surface area (Å²) >= 11 is 1.83. The maximum Gasteiger partial charge on any atom is 0.233 e. The van der Waals surface area contributed by atoms with Crippen LogP contribution in [-0.4, -0.2) is 23.0 Å². The average Bonchev–Trinajstić information content (AvgIpc) is 2.65. The van der Waals surface area contributed by atoms with Gasteiger partial charge in [0.2, 0.25) is 5.91 Å². The molecule has 2 rings (SSSR count). The highest BCUT2D eigenvalue weighted by molar-refractivity contribution is 8.00. The van der Waals surface area contributed by atoms with Gasteiger partial charge in [0.05, 0.1) is 5.25 Å². The van der Waals surface area contributed by atoms with E-state index < -0.39 is 0 Å². The quantitative estimate of drug-likeness (QED) is 0.735. The van der Waals surface area contributed by atoms with Crippen molar-refractivity contribution >= 4 is 17.7 Å². The number of carbonyl (C=O) groups is 1. The van der Waals surface area contributed by atoms with Gasteiger partial charge in [-0.15, -0.1) is 11.8 Å². The Hall–Kier alpha value is -0.180. The number of amides is 1. The first kappa shape index (κ1) is 11.3. The predicted molar refractivity (Wildman–Crippen MR) is 65.1 cm³/mol. The average molecular weight is 227 g/mol. The summed E-state index contributed by atoms with van der Waals surface area (Å²) < 4.78 is 0. The number of hydrogen-bond donors (Lipinski definition) is 1. The summed E-state index contributed by atoms with van der Waals surface area (Å²) in [5.41, 5.74) is 0. The van der Waals surface area contributed by atoms with Gasteiger partial charge in [0, 0.05) is 6.04 Å². The Kier molecular flexibility index (Phi) is 4.36. The lowest BCUT2D eigenvalue weighted by Crippen LogP contribution is -2.39. The van der Waals surface area contributed by atoms with Gasteiger partial charge in [0.15, 0.2) is 0 Å². The molecule has 1 unspecified atom stereocenters. The van der Waals surface area contributed by atoms with E-state index in [1.54, 1.807) is 0 Å². The third kappa shape index (κ3) is 3.40. The molecule has 1 aliphatic heterocycles. The Morgan fingerprint density at radius 3 is 2.33 bits per heavy atom. The first-order valence-corrected chi connectivity index (χ1v) is 7.33. The van der Waals surface area contributed by atoms with Crippen LogP contribution in [0.25, 0.3) is 0 Å². The zero-order valence-corrected chi connectivity index (χ0v) is 10.2. The molecule has 3 heteroatoms. The highest BCUT2D eigenvalue weighted by Crippen LogP contribution is 2.26. The zero-order valence-electron chi connectivity index (χ0n) is 9.34. The van der Waals surface area contributed by atoms with Crippen molar-refractivity contribution in [2.24, 2.45) is 0 Å². The Balaban J connectivity index is 1.76. The Labute approximate surface area is 96.6 Å². The summed E-state index contributed by atoms with van der Waals surface area (Å²) in [4.78, 5) is 11.9. The Morgan fingerprint density at radius 1 is 1.00 bits per heavy atom. The summed E-state index contributed by atoms with van der Waals surface area (Å²) in [5, 5.41) is 3.50. The summed E-state index contributed by atoms with van der Waals surface area (Å²) in [7, 11) is 0. The topological polar surface area (TPSA) is 29.1 Å². The molecule has 0 spiro atoms. The van der Waals surface area contributed by atoms with Crippen LogP contribution in [0.1, 0.15) is 51.4 Å². The Morgan fingerprint density at radius 2 is 1.73 bits per heavy atom. The molecule has 1 N–H and O–H groups in total. The maximum absolute atomic E-state index is 11.9. The van der Waals surface area contributed by atoms with Crippen LogP contribution in [0.2, 0.25) is 0 Å². The second-order valence-electron chi connectivity index (χ2n) is 4.70. The monoisotopic (exact) mass is 227 g/mol. The van der Waals surface area contributed by atoms with Crippen molar-refractivity contribution in [3.8, 4) is 0 Å². The van der Waals surface area contributed by atoms with Gasteiger partial charge in [-0.3, -0.25) is 4.79 Å². The fourth-order valence-corrected chi connectivity index (χ4v) is 3.67. The van der Waals surface area contributed by atoms with Crippen molar-refractivity contribution in [2.45, 2.75) is 62.7 Å². The van der Waals surface area contributed by atoms with Gasteiger partial charge in [-0.05, 0) is 31.4 Å². The van der Waals surface area contributed by atoms with Gasteiger partial charge in [-0.25, -0.2) is 0 Å². The molecular formula is C12H21NOS. The van der Waals surface area contributed by atoms with E-state index in [-0.39, 0.29) is 5.25 Å². The molecule has 0 bridgehead atoms. The van der Waals surface area contributed by atoms with Crippen LogP contribution in [0.5, 0.6) is 0 Å². The van der Waals surface area contributed by atoms with E-state index >= 15 is 0 Å². The largest absolute Gasteiger partial charge is 0.352 e. The molecule has 0 radical (unpaired) electrons. The second-order valence-corrected chi connectivity index (χ2v) is 6.01. The standard InChI is InChI=1S/C12H21NOS/c14-12(11-8-5-9-15-11)13-10-6-3-1-2-4-7-10/h10-11H,1-9H2,(H,13,14). The minimum absolute atomic E-state index is 0.258. The molecule has 1 aliphatic carbocycles. The normalized spacial score (nSPS) is 28.7. The highest BCUT2D eigenvalue weighted by Gasteiger charge is 2.25. The smallest absolute Gasteiger partial charge is 0.233 e. The summed E-state index contributed by atoms with van der Waals surface area (Å²) in [6, 6.07) is 0.473. The SMILES string of the molecule is O=C(NC1CCCCCC1)C1CCCS1. The molecule has 0 aromatic carbocycles. The van der Waals surface area contributed by atoms with E-state index in [2.05, 4.69) is 5.32 Å². The third-order valence-electron chi connectivity index (χ3n) is 3.42. The van der Waals surface area contributed by atoms with Crippen LogP contribution in [-0.2, 0) is 4.79 Å². The van der Waals surface area contributed by atoms with Gasteiger partial charge >= 0.3 is 0 Å². The molecule has 1 saturated carbocycles.